The molecule has 1 atom stereocenters. The van der Waals surface area contributed by atoms with Crippen molar-refractivity contribution in [3.63, 3.8) is 0 Å². The summed E-state index contributed by atoms with van der Waals surface area (Å²) < 4.78 is 5.75. The summed E-state index contributed by atoms with van der Waals surface area (Å²) >= 11 is 0. The van der Waals surface area contributed by atoms with E-state index in [4.69, 9.17) is 4.74 Å². The number of fused-ring (bicyclic) bond motifs is 2. The van der Waals surface area contributed by atoms with E-state index in [0.717, 1.165) is 25.1 Å². The number of nitrogens with zero attached hydrogens (tertiary/aromatic N) is 2. The lowest BCUT2D eigenvalue weighted by Gasteiger charge is -2.32. The van der Waals surface area contributed by atoms with Gasteiger partial charge in [0, 0.05) is 26.2 Å². The average molecular weight is 366 g/mol. The number of rotatable bonds is 4. The molecule has 2 aliphatic rings. The number of aliphatic hydroxyl groups is 1. The zero-order valence-electron chi connectivity index (χ0n) is 15.7. The fourth-order valence-electron chi connectivity index (χ4n) is 3.96. The number of benzene rings is 2. The van der Waals surface area contributed by atoms with Crippen LogP contribution in [0.2, 0.25) is 0 Å². The minimum Gasteiger partial charge on any atom is -0.491 e. The van der Waals surface area contributed by atoms with Crippen molar-refractivity contribution >= 4 is 5.91 Å². The Morgan fingerprint density at radius 2 is 1.93 bits per heavy atom. The molecule has 1 amide bonds. The van der Waals surface area contributed by atoms with Gasteiger partial charge in [-0.25, -0.2) is 0 Å². The minimum atomic E-state index is -0.578. The van der Waals surface area contributed by atoms with Crippen LogP contribution in [-0.2, 0) is 13.0 Å². The highest BCUT2D eigenvalue weighted by atomic mass is 16.5. The highest BCUT2D eigenvalue weighted by molar-refractivity contribution is 5.97. The molecule has 2 aromatic rings. The van der Waals surface area contributed by atoms with Crippen LogP contribution in [0.4, 0.5) is 0 Å². The van der Waals surface area contributed by atoms with Gasteiger partial charge in [0.25, 0.3) is 5.91 Å². The van der Waals surface area contributed by atoms with Crippen molar-refractivity contribution in [2.75, 3.05) is 32.8 Å². The number of hydrogen-bond acceptors (Lipinski definition) is 4. The predicted molar refractivity (Wildman–Crippen MR) is 104 cm³/mol. The number of aliphatic hydroxyl groups excluding tert-OH is 1. The first-order valence-corrected chi connectivity index (χ1v) is 9.60. The zero-order valence-corrected chi connectivity index (χ0v) is 15.7. The molecule has 142 valence electrons. The second kappa shape index (κ2) is 7.71. The molecule has 2 aromatic carbocycles. The molecule has 1 N–H and O–H groups in total. The predicted octanol–water partition coefficient (Wildman–Crippen LogP) is 2.25. The topological polar surface area (TPSA) is 53.0 Å². The van der Waals surface area contributed by atoms with E-state index >= 15 is 0 Å². The molecule has 0 spiro atoms. The SMILES string of the molecule is Cc1ccc2c(c1)OCCN(C[C@H](O)CN1CCc3ccccc3C1)C2=O. The molecule has 4 rings (SSSR count). The van der Waals surface area contributed by atoms with E-state index < -0.39 is 6.10 Å². The molecule has 0 saturated heterocycles. The number of β-amino-alcohol motifs (C(OH)–C–C–N with tert-alkyl or cyclic N) is 1. The molecular weight excluding hydrogens is 340 g/mol. The number of carbonyl (C=O) groups is 1. The molecule has 0 unspecified atom stereocenters. The lowest BCUT2D eigenvalue weighted by Crippen LogP contribution is -2.44. The van der Waals surface area contributed by atoms with Gasteiger partial charge in [-0.3, -0.25) is 9.69 Å². The maximum atomic E-state index is 12.9. The fourth-order valence-corrected chi connectivity index (χ4v) is 3.96. The summed E-state index contributed by atoms with van der Waals surface area (Å²) in [6.45, 7) is 5.61. The van der Waals surface area contributed by atoms with E-state index in [9.17, 15) is 9.90 Å². The zero-order chi connectivity index (χ0) is 18.8. The third kappa shape index (κ3) is 3.99. The number of carbonyl (C=O) groups excluding carboxylic acids is 1. The van der Waals surface area contributed by atoms with Crippen LogP contribution < -0.4 is 4.74 Å². The van der Waals surface area contributed by atoms with Gasteiger partial charge < -0.3 is 14.7 Å². The summed E-state index contributed by atoms with van der Waals surface area (Å²) in [5.74, 6) is 0.579. The first kappa shape index (κ1) is 18.0. The molecule has 5 nitrogen and oxygen atoms in total. The maximum absolute atomic E-state index is 12.9. The van der Waals surface area contributed by atoms with Crippen molar-refractivity contribution in [2.24, 2.45) is 0 Å². The van der Waals surface area contributed by atoms with E-state index in [1.165, 1.54) is 11.1 Å². The van der Waals surface area contributed by atoms with Crippen molar-refractivity contribution in [3.8, 4) is 5.75 Å². The number of hydrogen-bond donors (Lipinski definition) is 1. The Labute approximate surface area is 160 Å². The molecule has 0 fully saturated rings. The first-order valence-electron chi connectivity index (χ1n) is 9.60. The molecule has 2 heterocycles. The standard InChI is InChI=1S/C22H26N2O3/c1-16-6-7-20-21(12-16)27-11-10-24(22(20)26)15-19(25)14-23-9-8-17-4-2-3-5-18(17)13-23/h2-7,12,19,25H,8-11,13-15H2,1H3/t19-/m1/s1. The van der Waals surface area contributed by atoms with Gasteiger partial charge in [0.15, 0.2) is 0 Å². The molecule has 27 heavy (non-hydrogen) atoms. The van der Waals surface area contributed by atoms with Gasteiger partial charge in [0.1, 0.15) is 12.4 Å². The quantitative estimate of drug-likeness (QED) is 0.902. The van der Waals surface area contributed by atoms with Crippen molar-refractivity contribution in [1.82, 2.24) is 9.80 Å². The second-order valence-corrected chi connectivity index (χ2v) is 7.51. The maximum Gasteiger partial charge on any atom is 0.257 e. The molecule has 0 radical (unpaired) electrons. The van der Waals surface area contributed by atoms with Gasteiger partial charge in [0.2, 0.25) is 0 Å². The first-order chi connectivity index (χ1) is 13.1. The van der Waals surface area contributed by atoms with Crippen LogP contribution in [0.25, 0.3) is 0 Å². The summed E-state index contributed by atoms with van der Waals surface area (Å²) in [5.41, 5.74) is 4.38. The molecule has 5 heteroatoms. The highest BCUT2D eigenvalue weighted by Crippen LogP contribution is 2.25. The van der Waals surface area contributed by atoms with Crippen molar-refractivity contribution in [2.45, 2.75) is 26.0 Å². The number of aryl methyl sites for hydroxylation is 1. The normalized spacial score (nSPS) is 18.3. The summed E-state index contributed by atoms with van der Waals surface area (Å²) in [7, 11) is 0. The Balaban J connectivity index is 1.39. The van der Waals surface area contributed by atoms with E-state index in [2.05, 4.69) is 29.2 Å². The summed E-state index contributed by atoms with van der Waals surface area (Å²) in [4.78, 5) is 16.8. The van der Waals surface area contributed by atoms with Gasteiger partial charge in [-0.1, -0.05) is 30.3 Å². The molecule has 0 aromatic heterocycles. The summed E-state index contributed by atoms with van der Waals surface area (Å²) in [6.07, 6.45) is 0.428. The lowest BCUT2D eigenvalue weighted by molar-refractivity contribution is 0.0501. The van der Waals surface area contributed by atoms with Gasteiger partial charge >= 0.3 is 0 Å². The summed E-state index contributed by atoms with van der Waals surface area (Å²) in [6, 6.07) is 14.1. The Kier molecular flexibility index (Phi) is 5.14. The summed E-state index contributed by atoms with van der Waals surface area (Å²) in [5, 5.41) is 10.6. The van der Waals surface area contributed by atoms with E-state index in [1.54, 1.807) is 4.90 Å². The third-order valence-corrected chi connectivity index (χ3v) is 5.38. The molecular formula is C22H26N2O3. The smallest absolute Gasteiger partial charge is 0.257 e. The van der Waals surface area contributed by atoms with Gasteiger partial charge in [-0.05, 0) is 42.2 Å². The third-order valence-electron chi connectivity index (χ3n) is 5.38. The Morgan fingerprint density at radius 3 is 2.78 bits per heavy atom. The van der Waals surface area contributed by atoms with Crippen molar-refractivity contribution in [1.29, 1.82) is 0 Å². The van der Waals surface area contributed by atoms with Gasteiger partial charge in [0.05, 0.1) is 18.2 Å². The largest absolute Gasteiger partial charge is 0.491 e. The van der Waals surface area contributed by atoms with Crippen LogP contribution in [0.1, 0.15) is 27.0 Å². The molecule has 2 aliphatic heterocycles. The van der Waals surface area contributed by atoms with Crippen LogP contribution >= 0.6 is 0 Å². The Morgan fingerprint density at radius 1 is 1.11 bits per heavy atom. The van der Waals surface area contributed by atoms with Crippen LogP contribution in [0.3, 0.4) is 0 Å². The number of amides is 1. The van der Waals surface area contributed by atoms with Crippen LogP contribution in [-0.4, -0.2) is 59.7 Å². The van der Waals surface area contributed by atoms with E-state index in [1.807, 2.05) is 25.1 Å². The van der Waals surface area contributed by atoms with Crippen molar-refractivity contribution < 1.29 is 14.6 Å². The van der Waals surface area contributed by atoms with Gasteiger partial charge in [-0.15, -0.1) is 0 Å². The highest BCUT2D eigenvalue weighted by Gasteiger charge is 2.26. The van der Waals surface area contributed by atoms with Gasteiger partial charge in [-0.2, -0.15) is 0 Å². The van der Waals surface area contributed by atoms with E-state index in [-0.39, 0.29) is 5.91 Å². The average Bonchev–Trinajstić information content (AvgIpc) is 2.80. The van der Waals surface area contributed by atoms with Crippen molar-refractivity contribution in [3.05, 3.63) is 64.7 Å². The Hall–Kier alpha value is -2.37. The number of ether oxygens (including phenoxy) is 1. The van der Waals surface area contributed by atoms with Crippen LogP contribution in [0.5, 0.6) is 5.75 Å². The lowest BCUT2D eigenvalue weighted by atomic mass is 10.00. The van der Waals surface area contributed by atoms with Crippen LogP contribution in [0, 0.1) is 6.92 Å². The second-order valence-electron chi connectivity index (χ2n) is 7.51. The minimum absolute atomic E-state index is 0.0643. The molecule has 0 bridgehead atoms. The monoisotopic (exact) mass is 366 g/mol. The van der Waals surface area contributed by atoms with E-state index in [0.29, 0.717) is 37.6 Å². The fraction of sp³-hybridized carbons (Fsp3) is 0.409. The Bertz CT molecular complexity index is 836. The molecule has 0 saturated carbocycles. The molecule has 0 aliphatic carbocycles. The van der Waals surface area contributed by atoms with Crippen LogP contribution in [0.15, 0.2) is 42.5 Å².